The summed E-state index contributed by atoms with van der Waals surface area (Å²) in [5.41, 5.74) is 5.42. The van der Waals surface area contributed by atoms with E-state index in [0.29, 0.717) is 5.56 Å². The van der Waals surface area contributed by atoms with Crippen LogP contribution >= 0.6 is 0 Å². The normalized spacial score (nSPS) is 11.8. The number of benzene rings is 2. The zero-order valence-electron chi connectivity index (χ0n) is 16.3. The van der Waals surface area contributed by atoms with Crippen LogP contribution in [0.25, 0.3) is 22.5 Å². The first-order chi connectivity index (χ1) is 14.1. The van der Waals surface area contributed by atoms with Crippen molar-refractivity contribution in [3.05, 3.63) is 96.3 Å². The summed E-state index contributed by atoms with van der Waals surface area (Å²) in [5, 5.41) is 4.59. The minimum Gasteiger partial charge on any atom is -0.436 e. The van der Waals surface area contributed by atoms with Gasteiger partial charge in [0.05, 0.1) is 17.0 Å². The minimum absolute atomic E-state index is 0.374. The Morgan fingerprint density at radius 1 is 0.931 bits per heavy atom. The van der Waals surface area contributed by atoms with E-state index in [2.05, 4.69) is 41.3 Å². The largest absolute Gasteiger partial charge is 0.436 e. The van der Waals surface area contributed by atoms with Crippen molar-refractivity contribution in [2.75, 3.05) is 0 Å². The molecular formula is C24H21N3O2. The first-order valence-corrected chi connectivity index (χ1v) is 9.45. The molecule has 1 atom stereocenters. The van der Waals surface area contributed by atoms with Gasteiger partial charge in [-0.2, -0.15) is 5.10 Å². The van der Waals surface area contributed by atoms with Gasteiger partial charge in [-0.15, -0.1) is 0 Å². The number of carbonyl (C=O) groups excluding carboxylic acids is 1. The molecule has 4 aromatic rings. The fraction of sp³-hybridized carbons (Fsp3) is 0.125. The van der Waals surface area contributed by atoms with Crippen LogP contribution < -0.4 is 0 Å². The maximum absolute atomic E-state index is 12.3. The Morgan fingerprint density at radius 3 is 2.45 bits per heavy atom. The number of rotatable bonds is 5. The summed E-state index contributed by atoms with van der Waals surface area (Å²) in [6, 6.07) is 23.0. The summed E-state index contributed by atoms with van der Waals surface area (Å²) in [5.74, 6) is -0.374. The predicted molar refractivity (Wildman–Crippen MR) is 112 cm³/mol. The highest BCUT2D eigenvalue weighted by molar-refractivity contribution is 5.89. The summed E-state index contributed by atoms with van der Waals surface area (Å²) in [4.78, 5) is 16.7. The van der Waals surface area contributed by atoms with E-state index in [9.17, 15) is 4.79 Å². The maximum Gasteiger partial charge on any atom is 0.340 e. The quantitative estimate of drug-likeness (QED) is 0.439. The highest BCUT2D eigenvalue weighted by Crippen LogP contribution is 2.24. The Hall–Kier alpha value is -3.73. The lowest BCUT2D eigenvalue weighted by Crippen LogP contribution is -2.15. The van der Waals surface area contributed by atoms with Gasteiger partial charge < -0.3 is 4.74 Å². The van der Waals surface area contributed by atoms with E-state index in [1.54, 1.807) is 29.9 Å². The molecule has 0 amide bonds. The number of aryl methyl sites for hydroxylation is 1. The fourth-order valence-corrected chi connectivity index (χ4v) is 3.02. The Morgan fingerprint density at radius 2 is 1.69 bits per heavy atom. The molecule has 0 aliphatic carbocycles. The van der Waals surface area contributed by atoms with Gasteiger partial charge in [0.15, 0.2) is 6.23 Å². The molecule has 1 unspecified atom stereocenters. The molecule has 0 bridgehead atoms. The molecule has 0 radical (unpaired) electrons. The molecular weight excluding hydrogens is 362 g/mol. The van der Waals surface area contributed by atoms with Crippen LogP contribution in [0, 0.1) is 6.92 Å². The van der Waals surface area contributed by atoms with Crippen molar-refractivity contribution in [1.29, 1.82) is 0 Å². The second-order valence-electron chi connectivity index (χ2n) is 6.85. The highest BCUT2D eigenvalue weighted by atomic mass is 16.6. The average Bonchev–Trinajstić information content (AvgIpc) is 3.25. The number of esters is 1. The third-order valence-corrected chi connectivity index (χ3v) is 4.67. The van der Waals surface area contributed by atoms with Crippen molar-refractivity contribution in [2.24, 2.45) is 0 Å². The fourth-order valence-electron chi connectivity index (χ4n) is 3.02. The van der Waals surface area contributed by atoms with E-state index in [4.69, 9.17) is 4.74 Å². The van der Waals surface area contributed by atoms with E-state index < -0.39 is 6.23 Å². The summed E-state index contributed by atoms with van der Waals surface area (Å²) in [6.07, 6.45) is 3.07. The van der Waals surface area contributed by atoms with Crippen LogP contribution in [-0.4, -0.2) is 20.7 Å². The van der Waals surface area contributed by atoms with Crippen LogP contribution in [0.15, 0.2) is 85.2 Å². The number of hydrogen-bond acceptors (Lipinski definition) is 4. The molecule has 0 aliphatic rings. The van der Waals surface area contributed by atoms with Gasteiger partial charge in [-0.05, 0) is 44.2 Å². The number of aromatic nitrogens is 3. The zero-order chi connectivity index (χ0) is 20.2. The van der Waals surface area contributed by atoms with Gasteiger partial charge in [-0.1, -0.05) is 48.0 Å². The topological polar surface area (TPSA) is 57.0 Å². The van der Waals surface area contributed by atoms with Gasteiger partial charge in [0.25, 0.3) is 0 Å². The van der Waals surface area contributed by atoms with Gasteiger partial charge in [0, 0.05) is 23.5 Å². The molecule has 0 N–H and O–H groups in total. The Bertz CT molecular complexity index is 1120. The Labute approximate surface area is 169 Å². The maximum atomic E-state index is 12.3. The van der Waals surface area contributed by atoms with Gasteiger partial charge >= 0.3 is 5.97 Å². The lowest BCUT2D eigenvalue weighted by atomic mass is 10.1. The third-order valence-electron chi connectivity index (χ3n) is 4.67. The summed E-state index contributed by atoms with van der Waals surface area (Å²) < 4.78 is 7.17. The standard InChI is InChI=1S/C24H21N3O2/c1-17-8-10-19(11-9-17)23-16-21(12-14-25-23)22-13-15-27(26-22)18(2)29-24(28)20-6-4-3-5-7-20/h3-16,18H,1-2H3. The van der Waals surface area contributed by atoms with Gasteiger partial charge in [0.2, 0.25) is 0 Å². The van der Waals surface area contributed by atoms with Crippen LogP contribution in [-0.2, 0) is 4.74 Å². The lowest BCUT2D eigenvalue weighted by Gasteiger charge is -2.13. The zero-order valence-corrected chi connectivity index (χ0v) is 16.3. The molecule has 29 heavy (non-hydrogen) atoms. The summed E-state index contributed by atoms with van der Waals surface area (Å²) >= 11 is 0. The van der Waals surface area contributed by atoms with E-state index in [1.165, 1.54) is 5.56 Å². The first-order valence-electron chi connectivity index (χ1n) is 9.45. The molecule has 0 saturated heterocycles. The van der Waals surface area contributed by atoms with E-state index in [0.717, 1.165) is 22.5 Å². The van der Waals surface area contributed by atoms with Crippen molar-refractivity contribution in [2.45, 2.75) is 20.1 Å². The van der Waals surface area contributed by atoms with Crippen LogP contribution in [0.3, 0.4) is 0 Å². The molecule has 0 fully saturated rings. The molecule has 2 heterocycles. The Balaban J connectivity index is 1.52. The van der Waals surface area contributed by atoms with Gasteiger partial charge in [-0.3, -0.25) is 4.98 Å². The summed E-state index contributed by atoms with van der Waals surface area (Å²) in [6.45, 7) is 3.86. The smallest absolute Gasteiger partial charge is 0.340 e. The van der Waals surface area contributed by atoms with Crippen LogP contribution in [0.2, 0.25) is 0 Å². The molecule has 5 heteroatoms. The van der Waals surface area contributed by atoms with Crippen molar-refractivity contribution in [3.8, 4) is 22.5 Å². The predicted octanol–water partition coefficient (Wildman–Crippen LogP) is 5.30. The molecule has 2 aromatic carbocycles. The first kappa shape index (κ1) is 18.6. The van der Waals surface area contributed by atoms with E-state index >= 15 is 0 Å². The Kier molecular flexibility index (Phi) is 5.20. The number of nitrogens with zero attached hydrogens (tertiary/aromatic N) is 3. The third kappa shape index (κ3) is 4.24. The molecule has 5 nitrogen and oxygen atoms in total. The molecule has 0 spiro atoms. The number of ether oxygens (including phenoxy) is 1. The second-order valence-corrected chi connectivity index (χ2v) is 6.85. The number of pyridine rings is 1. The number of carbonyl (C=O) groups is 1. The van der Waals surface area contributed by atoms with Crippen LogP contribution in [0.4, 0.5) is 0 Å². The van der Waals surface area contributed by atoms with Gasteiger partial charge in [-0.25, -0.2) is 9.48 Å². The molecule has 4 rings (SSSR count). The van der Waals surface area contributed by atoms with E-state index in [1.807, 2.05) is 42.6 Å². The van der Waals surface area contributed by atoms with Gasteiger partial charge in [0.1, 0.15) is 0 Å². The van der Waals surface area contributed by atoms with Crippen molar-refractivity contribution in [1.82, 2.24) is 14.8 Å². The molecule has 2 aromatic heterocycles. The highest BCUT2D eigenvalue weighted by Gasteiger charge is 2.14. The van der Waals surface area contributed by atoms with Crippen LogP contribution in [0.5, 0.6) is 0 Å². The summed E-state index contributed by atoms with van der Waals surface area (Å²) in [7, 11) is 0. The molecule has 144 valence electrons. The minimum atomic E-state index is -0.519. The molecule has 0 aliphatic heterocycles. The lowest BCUT2D eigenvalue weighted by molar-refractivity contribution is 0.0119. The van der Waals surface area contributed by atoms with Crippen molar-refractivity contribution >= 4 is 5.97 Å². The second kappa shape index (κ2) is 8.10. The van der Waals surface area contributed by atoms with Crippen LogP contribution in [0.1, 0.15) is 29.1 Å². The van der Waals surface area contributed by atoms with E-state index in [-0.39, 0.29) is 5.97 Å². The molecule has 0 saturated carbocycles. The SMILES string of the molecule is Cc1ccc(-c2cc(-c3ccn(C(C)OC(=O)c4ccccc4)n3)ccn2)cc1. The monoisotopic (exact) mass is 383 g/mol. The average molecular weight is 383 g/mol. The van der Waals surface area contributed by atoms with Crippen molar-refractivity contribution < 1.29 is 9.53 Å². The number of hydrogen-bond donors (Lipinski definition) is 0. The van der Waals surface area contributed by atoms with Crippen molar-refractivity contribution in [3.63, 3.8) is 0 Å².